The molecule has 2 aromatic rings. The smallest absolute Gasteiger partial charge is 0.230 e. The quantitative estimate of drug-likeness (QED) is 0.646. The van der Waals surface area contributed by atoms with Gasteiger partial charge in [0.15, 0.2) is 11.0 Å². The first kappa shape index (κ1) is 21.9. The Hall–Kier alpha value is -1.82. The third kappa shape index (κ3) is 5.62. The van der Waals surface area contributed by atoms with E-state index in [0.717, 1.165) is 29.4 Å². The van der Waals surface area contributed by atoms with Gasteiger partial charge >= 0.3 is 0 Å². The molecule has 1 aliphatic carbocycles. The van der Waals surface area contributed by atoms with Gasteiger partial charge in [-0.2, -0.15) is 0 Å². The van der Waals surface area contributed by atoms with Crippen molar-refractivity contribution in [1.29, 1.82) is 0 Å². The van der Waals surface area contributed by atoms with Gasteiger partial charge in [-0.1, -0.05) is 76.1 Å². The molecule has 158 valence electrons. The molecule has 1 aromatic carbocycles. The second kappa shape index (κ2) is 9.33. The van der Waals surface area contributed by atoms with Crippen molar-refractivity contribution in [2.24, 2.45) is 0 Å². The fourth-order valence-corrected chi connectivity index (χ4v) is 4.67. The molecular formula is C23H34N4OS. The molecular weight excluding hydrogens is 380 g/mol. The number of nitrogens with zero attached hydrogens (tertiary/aromatic N) is 3. The van der Waals surface area contributed by atoms with Crippen LogP contribution in [0.5, 0.6) is 0 Å². The SMILES string of the molecule is CC(C)NC(=O)CSc1nnc(-c2ccc(C(C)(C)C)cc2)n1C1CCCCC1. The molecule has 29 heavy (non-hydrogen) atoms. The Balaban J connectivity index is 1.88. The minimum atomic E-state index is 0.0410. The van der Waals surface area contributed by atoms with E-state index in [0.29, 0.717) is 11.8 Å². The first-order chi connectivity index (χ1) is 13.8. The van der Waals surface area contributed by atoms with Gasteiger partial charge in [0.05, 0.1) is 5.75 Å². The molecule has 6 heteroatoms. The van der Waals surface area contributed by atoms with Crippen molar-refractivity contribution in [2.75, 3.05) is 5.75 Å². The number of nitrogens with one attached hydrogen (secondary N) is 1. The van der Waals surface area contributed by atoms with Gasteiger partial charge in [0.25, 0.3) is 0 Å². The van der Waals surface area contributed by atoms with Crippen molar-refractivity contribution >= 4 is 17.7 Å². The van der Waals surface area contributed by atoms with Crippen molar-refractivity contribution < 1.29 is 4.79 Å². The van der Waals surface area contributed by atoms with Crippen molar-refractivity contribution in [3.8, 4) is 11.4 Å². The molecule has 0 radical (unpaired) electrons. The zero-order valence-corrected chi connectivity index (χ0v) is 19.2. The van der Waals surface area contributed by atoms with Gasteiger partial charge in [-0.3, -0.25) is 9.36 Å². The van der Waals surface area contributed by atoms with Crippen LogP contribution in [0.25, 0.3) is 11.4 Å². The summed E-state index contributed by atoms with van der Waals surface area (Å²) in [5.74, 6) is 1.33. The number of aromatic nitrogens is 3. The molecule has 1 saturated carbocycles. The number of hydrogen-bond acceptors (Lipinski definition) is 4. The number of carbonyl (C=O) groups is 1. The summed E-state index contributed by atoms with van der Waals surface area (Å²) in [4.78, 5) is 12.1. The number of hydrogen-bond donors (Lipinski definition) is 1. The van der Waals surface area contributed by atoms with E-state index >= 15 is 0 Å². The number of thioether (sulfide) groups is 1. The van der Waals surface area contributed by atoms with Gasteiger partial charge in [0.1, 0.15) is 0 Å². The van der Waals surface area contributed by atoms with Crippen LogP contribution < -0.4 is 5.32 Å². The van der Waals surface area contributed by atoms with Crippen LogP contribution in [0.15, 0.2) is 29.4 Å². The predicted molar refractivity (Wildman–Crippen MR) is 120 cm³/mol. The van der Waals surface area contributed by atoms with E-state index in [1.807, 2.05) is 13.8 Å². The molecule has 0 aliphatic heterocycles. The molecule has 1 amide bonds. The monoisotopic (exact) mass is 414 g/mol. The Kier molecular flexibility index (Phi) is 7.04. The van der Waals surface area contributed by atoms with E-state index in [-0.39, 0.29) is 17.4 Å². The Morgan fingerprint density at radius 2 is 1.79 bits per heavy atom. The summed E-state index contributed by atoms with van der Waals surface area (Å²) in [6, 6.07) is 9.26. The minimum Gasteiger partial charge on any atom is -0.353 e. The third-order valence-corrected chi connectivity index (χ3v) is 6.34. The van der Waals surface area contributed by atoms with Gasteiger partial charge in [-0.25, -0.2) is 0 Å². The number of rotatable bonds is 6. The van der Waals surface area contributed by atoms with E-state index < -0.39 is 0 Å². The highest BCUT2D eigenvalue weighted by Gasteiger charge is 2.24. The molecule has 0 spiro atoms. The summed E-state index contributed by atoms with van der Waals surface area (Å²) in [6.07, 6.45) is 6.08. The van der Waals surface area contributed by atoms with Crippen LogP contribution in [0.4, 0.5) is 0 Å². The van der Waals surface area contributed by atoms with Crippen LogP contribution in [-0.2, 0) is 10.2 Å². The van der Waals surface area contributed by atoms with Gasteiger partial charge < -0.3 is 5.32 Å². The van der Waals surface area contributed by atoms with Crippen molar-refractivity contribution in [2.45, 2.75) is 89.4 Å². The van der Waals surface area contributed by atoms with Gasteiger partial charge in [-0.15, -0.1) is 10.2 Å². The number of amides is 1. The molecule has 0 unspecified atom stereocenters. The lowest BCUT2D eigenvalue weighted by atomic mass is 9.86. The van der Waals surface area contributed by atoms with Gasteiger partial charge in [0.2, 0.25) is 5.91 Å². The first-order valence-corrected chi connectivity index (χ1v) is 11.7. The van der Waals surface area contributed by atoms with E-state index in [2.05, 4.69) is 65.1 Å². The summed E-state index contributed by atoms with van der Waals surface area (Å²) in [7, 11) is 0. The maximum absolute atomic E-state index is 12.1. The molecule has 1 heterocycles. The van der Waals surface area contributed by atoms with E-state index in [1.165, 1.54) is 36.6 Å². The molecule has 0 bridgehead atoms. The second-order valence-corrected chi connectivity index (χ2v) is 10.2. The Morgan fingerprint density at radius 3 is 2.38 bits per heavy atom. The molecule has 3 rings (SSSR count). The van der Waals surface area contributed by atoms with Gasteiger partial charge in [0, 0.05) is 17.6 Å². The third-order valence-electron chi connectivity index (χ3n) is 5.40. The first-order valence-electron chi connectivity index (χ1n) is 10.7. The molecule has 0 saturated heterocycles. The van der Waals surface area contributed by atoms with E-state index in [1.54, 1.807) is 0 Å². The van der Waals surface area contributed by atoms with Gasteiger partial charge in [-0.05, 0) is 37.7 Å². The second-order valence-electron chi connectivity index (χ2n) is 9.31. The molecule has 1 aliphatic rings. The van der Waals surface area contributed by atoms with Crippen LogP contribution in [0, 0.1) is 0 Å². The van der Waals surface area contributed by atoms with Crippen LogP contribution in [0.3, 0.4) is 0 Å². The molecule has 1 N–H and O–H groups in total. The Labute approximate surface area is 179 Å². The Morgan fingerprint density at radius 1 is 1.14 bits per heavy atom. The number of benzene rings is 1. The van der Waals surface area contributed by atoms with E-state index in [4.69, 9.17) is 0 Å². The Bertz CT molecular complexity index is 814. The highest BCUT2D eigenvalue weighted by atomic mass is 32.2. The maximum atomic E-state index is 12.1. The summed E-state index contributed by atoms with van der Waals surface area (Å²) in [6.45, 7) is 10.6. The van der Waals surface area contributed by atoms with Crippen LogP contribution >= 0.6 is 11.8 Å². The highest BCUT2D eigenvalue weighted by molar-refractivity contribution is 7.99. The van der Waals surface area contributed by atoms with Crippen LogP contribution in [0.2, 0.25) is 0 Å². The lowest BCUT2D eigenvalue weighted by molar-refractivity contribution is -0.119. The fourth-order valence-electron chi connectivity index (χ4n) is 3.85. The zero-order valence-electron chi connectivity index (χ0n) is 18.4. The van der Waals surface area contributed by atoms with E-state index in [9.17, 15) is 4.79 Å². The minimum absolute atomic E-state index is 0.0410. The largest absolute Gasteiger partial charge is 0.353 e. The topological polar surface area (TPSA) is 59.8 Å². The summed E-state index contributed by atoms with van der Waals surface area (Å²) < 4.78 is 2.29. The normalized spacial score (nSPS) is 15.7. The van der Waals surface area contributed by atoms with Crippen molar-refractivity contribution in [3.63, 3.8) is 0 Å². The fraction of sp³-hybridized carbons (Fsp3) is 0.609. The standard InChI is InChI=1S/C23H34N4OS/c1-16(2)24-20(28)15-29-22-26-25-21(27(22)19-9-7-6-8-10-19)17-11-13-18(14-12-17)23(3,4)5/h11-14,16,19H,6-10,15H2,1-5H3,(H,24,28). The maximum Gasteiger partial charge on any atom is 0.230 e. The number of carbonyl (C=O) groups excluding carboxylic acids is 1. The lowest BCUT2D eigenvalue weighted by Gasteiger charge is -2.26. The average molecular weight is 415 g/mol. The highest BCUT2D eigenvalue weighted by Crippen LogP contribution is 2.36. The molecule has 1 fully saturated rings. The lowest BCUT2D eigenvalue weighted by Crippen LogP contribution is -2.31. The predicted octanol–water partition coefficient (Wildman–Crippen LogP) is 5.36. The van der Waals surface area contributed by atoms with Crippen LogP contribution in [-0.4, -0.2) is 32.5 Å². The summed E-state index contributed by atoms with van der Waals surface area (Å²) in [5.41, 5.74) is 2.53. The van der Waals surface area contributed by atoms with Crippen molar-refractivity contribution in [3.05, 3.63) is 29.8 Å². The molecule has 1 aromatic heterocycles. The summed E-state index contributed by atoms with van der Waals surface area (Å²) >= 11 is 1.49. The summed E-state index contributed by atoms with van der Waals surface area (Å²) in [5, 5.41) is 12.8. The van der Waals surface area contributed by atoms with Crippen LogP contribution in [0.1, 0.15) is 78.3 Å². The molecule has 0 atom stereocenters. The molecule has 5 nitrogen and oxygen atoms in total. The van der Waals surface area contributed by atoms with Crippen molar-refractivity contribution in [1.82, 2.24) is 20.1 Å². The average Bonchev–Trinajstić information content (AvgIpc) is 3.10. The zero-order chi connectivity index (χ0) is 21.0.